The summed E-state index contributed by atoms with van der Waals surface area (Å²) in [6, 6.07) is 9.72. The number of hydrogen-bond donors (Lipinski definition) is 2. The number of para-hydroxylation sites is 1. The van der Waals surface area contributed by atoms with Crippen LogP contribution < -0.4 is 5.32 Å². The van der Waals surface area contributed by atoms with E-state index in [0.29, 0.717) is 19.0 Å². The van der Waals surface area contributed by atoms with Gasteiger partial charge in [0.15, 0.2) is 0 Å². The summed E-state index contributed by atoms with van der Waals surface area (Å²) >= 11 is 0. The molecule has 0 unspecified atom stereocenters. The standard InChI is InChI=1S/C19H24N4O2/c1-13-17(14-9-10-14)21-23(15-6-3-2-4-7-15)18(13)20-19(25)22-11-5-8-16(24)12-22/h2-4,6-7,14,16,24H,5,8-12H2,1H3,(H,20,25)/t16-/m0/s1. The number of aromatic nitrogens is 2. The molecule has 6 heteroatoms. The van der Waals surface area contributed by atoms with E-state index in [4.69, 9.17) is 5.10 Å². The molecule has 2 aliphatic rings. The molecule has 2 aromatic rings. The molecule has 1 aromatic heterocycles. The number of anilines is 1. The number of carbonyl (C=O) groups is 1. The van der Waals surface area contributed by atoms with Gasteiger partial charge in [-0.25, -0.2) is 9.48 Å². The number of nitrogens with one attached hydrogen (secondary N) is 1. The molecule has 0 spiro atoms. The van der Waals surface area contributed by atoms with Crippen LogP contribution in [0.15, 0.2) is 30.3 Å². The van der Waals surface area contributed by atoms with Crippen LogP contribution in [0.25, 0.3) is 5.69 Å². The number of rotatable bonds is 3. The molecule has 1 saturated carbocycles. The van der Waals surface area contributed by atoms with Crippen LogP contribution in [0, 0.1) is 6.92 Å². The molecular weight excluding hydrogens is 316 g/mol. The Morgan fingerprint density at radius 2 is 2.00 bits per heavy atom. The summed E-state index contributed by atoms with van der Waals surface area (Å²) in [7, 11) is 0. The molecule has 2 fully saturated rings. The maximum atomic E-state index is 12.7. The van der Waals surface area contributed by atoms with E-state index in [-0.39, 0.29) is 6.03 Å². The molecule has 2 N–H and O–H groups in total. The zero-order valence-corrected chi connectivity index (χ0v) is 14.5. The lowest BCUT2D eigenvalue weighted by molar-refractivity contribution is 0.0883. The first-order valence-corrected chi connectivity index (χ1v) is 9.02. The Bertz CT molecular complexity index is 767. The molecule has 0 bridgehead atoms. The van der Waals surface area contributed by atoms with Gasteiger partial charge in [-0.15, -0.1) is 0 Å². The number of piperidine rings is 1. The first-order chi connectivity index (χ1) is 12.1. The van der Waals surface area contributed by atoms with Gasteiger partial charge in [0.2, 0.25) is 0 Å². The minimum atomic E-state index is -0.429. The number of hydrogen-bond acceptors (Lipinski definition) is 3. The number of likely N-dealkylation sites (tertiary alicyclic amines) is 1. The third-order valence-electron chi connectivity index (χ3n) is 5.03. The minimum Gasteiger partial charge on any atom is -0.391 e. The smallest absolute Gasteiger partial charge is 0.323 e. The van der Waals surface area contributed by atoms with Gasteiger partial charge in [-0.3, -0.25) is 5.32 Å². The van der Waals surface area contributed by atoms with Gasteiger partial charge in [0.25, 0.3) is 0 Å². The molecule has 1 aliphatic carbocycles. The number of aliphatic hydroxyl groups is 1. The van der Waals surface area contributed by atoms with Crippen LogP contribution in [0.4, 0.5) is 10.6 Å². The third-order valence-corrected chi connectivity index (χ3v) is 5.03. The summed E-state index contributed by atoms with van der Waals surface area (Å²) in [5.74, 6) is 1.25. The average molecular weight is 340 g/mol. The molecule has 25 heavy (non-hydrogen) atoms. The van der Waals surface area contributed by atoms with Gasteiger partial charge >= 0.3 is 6.03 Å². The van der Waals surface area contributed by atoms with E-state index in [9.17, 15) is 9.90 Å². The first-order valence-electron chi connectivity index (χ1n) is 9.02. The highest BCUT2D eigenvalue weighted by molar-refractivity contribution is 5.90. The van der Waals surface area contributed by atoms with E-state index < -0.39 is 6.10 Å². The highest BCUT2D eigenvalue weighted by atomic mass is 16.3. The summed E-state index contributed by atoms with van der Waals surface area (Å²) in [4.78, 5) is 14.4. The fourth-order valence-corrected chi connectivity index (χ4v) is 3.48. The van der Waals surface area contributed by atoms with Gasteiger partial charge < -0.3 is 10.0 Å². The highest BCUT2D eigenvalue weighted by Crippen LogP contribution is 2.43. The molecule has 1 saturated heterocycles. The number of nitrogens with zero attached hydrogens (tertiary/aromatic N) is 3. The molecule has 2 amide bonds. The second-order valence-corrected chi connectivity index (χ2v) is 7.05. The number of carbonyl (C=O) groups excluding carboxylic acids is 1. The Hall–Kier alpha value is -2.34. The molecule has 1 aromatic carbocycles. The normalized spacial score (nSPS) is 20.6. The van der Waals surface area contributed by atoms with E-state index in [1.54, 1.807) is 4.90 Å². The molecule has 4 rings (SSSR count). The van der Waals surface area contributed by atoms with Crippen molar-refractivity contribution in [2.75, 3.05) is 18.4 Å². The van der Waals surface area contributed by atoms with Crippen molar-refractivity contribution in [2.24, 2.45) is 0 Å². The maximum Gasteiger partial charge on any atom is 0.323 e. The predicted octanol–water partition coefficient (Wildman–Crippen LogP) is 3.05. The maximum absolute atomic E-state index is 12.7. The second kappa shape index (κ2) is 6.52. The number of aliphatic hydroxyl groups excluding tert-OH is 1. The minimum absolute atomic E-state index is 0.165. The molecule has 6 nitrogen and oxygen atoms in total. The van der Waals surface area contributed by atoms with Gasteiger partial charge in [-0.2, -0.15) is 5.10 Å². The second-order valence-electron chi connectivity index (χ2n) is 7.05. The number of benzene rings is 1. The lowest BCUT2D eigenvalue weighted by Crippen LogP contribution is -2.44. The fourth-order valence-electron chi connectivity index (χ4n) is 3.48. The Labute approximate surface area is 147 Å². The number of urea groups is 1. The Kier molecular flexibility index (Phi) is 4.21. The molecule has 2 heterocycles. The summed E-state index contributed by atoms with van der Waals surface area (Å²) in [5, 5.41) is 17.7. The molecule has 1 atom stereocenters. The zero-order valence-electron chi connectivity index (χ0n) is 14.5. The quantitative estimate of drug-likeness (QED) is 0.902. The van der Waals surface area contributed by atoms with Crippen molar-refractivity contribution in [1.29, 1.82) is 0 Å². The van der Waals surface area contributed by atoms with Crippen LogP contribution in [0.5, 0.6) is 0 Å². The lowest BCUT2D eigenvalue weighted by atomic mass is 10.1. The summed E-state index contributed by atoms with van der Waals surface area (Å²) in [6.07, 6.45) is 3.49. The van der Waals surface area contributed by atoms with Gasteiger partial charge in [0.1, 0.15) is 5.82 Å². The number of amides is 2. The van der Waals surface area contributed by atoms with Crippen LogP contribution in [-0.4, -0.2) is 45.0 Å². The van der Waals surface area contributed by atoms with E-state index >= 15 is 0 Å². The highest BCUT2D eigenvalue weighted by Gasteiger charge is 2.31. The average Bonchev–Trinajstić information content (AvgIpc) is 3.41. The monoisotopic (exact) mass is 340 g/mol. The fraction of sp³-hybridized carbons (Fsp3) is 0.474. The molecular formula is C19H24N4O2. The predicted molar refractivity (Wildman–Crippen MR) is 96.1 cm³/mol. The third kappa shape index (κ3) is 3.26. The molecule has 0 radical (unpaired) electrons. The van der Waals surface area contributed by atoms with Crippen LogP contribution >= 0.6 is 0 Å². The largest absolute Gasteiger partial charge is 0.391 e. The Morgan fingerprint density at radius 3 is 2.68 bits per heavy atom. The number of β-amino-alcohol motifs (C(OH)–C–C–N with tert-alkyl or cyclic N) is 1. The zero-order chi connectivity index (χ0) is 17.4. The van der Waals surface area contributed by atoms with Crippen molar-refractivity contribution in [2.45, 2.75) is 44.6 Å². The SMILES string of the molecule is Cc1c(C2CC2)nn(-c2ccccc2)c1NC(=O)N1CCC[C@H](O)C1. The van der Waals surface area contributed by atoms with E-state index in [0.717, 1.165) is 35.6 Å². The molecule has 132 valence electrons. The lowest BCUT2D eigenvalue weighted by Gasteiger charge is -2.30. The van der Waals surface area contributed by atoms with Gasteiger partial charge in [0, 0.05) is 24.6 Å². The van der Waals surface area contributed by atoms with Gasteiger partial charge in [0.05, 0.1) is 17.5 Å². The summed E-state index contributed by atoms with van der Waals surface area (Å²) in [5.41, 5.74) is 3.06. The topological polar surface area (TPSA) is 70.4 Å². The summed E-state index contributed by atoms with van der Waals surface area (Å²) < 4.78 is 1.83. The molecule has 1 aliphatic heterocycles. The van der Waals surface area contributed by atoms with Crippen LogP contribution in [0.2, 0.25) is 0 Å². The van der Waals surface area contributed by atoms with Crippen molar-refractivity contribution in [1.82, 2.24) is 14.7 Å². The van der Waals surface area contributed by atoms with Crippen molar-refractivity contribution in [3.63, 3.8) is 0 Å². The van der Waals surface area contributed by atoms with Gasteiger partial charge in [-0.1, -0.05) is 18.2 Å². The first kappa shape index (κ1) is 16.1. The van der Waals surface area contributed by atoms with E-state index in [1.165, 1.54) is 12.8 Å². The van der Waals surface area contributed by atoms with Crippen LogP contribution in [0.3, 0.4) is 0 Å². The van der Waals surface area contributed by atoms with Crippen molar-refractivity contribution in [3.05, 3.63) is 41.6 Å². The van der Waals surface area contributed by atoms with Crippen molar-refractivity contribution < 1.29 is 9.90 Å². The van der Waals surface area contributed by atoms with Crippen molar-refractivity contribution >= 4 is 11.8 Å². The van der Waals surface area contributed by atoms with Crippen LogP contribution in [-0.2, 0) is 0 Å². The van der Waals surface area contributed by atoms with E-state index in [1.807, 2.05) is 41.9 Å². The van der Waals surface area contributed by atoms with E-state index in [2.05, 4.69) is 5.32 Å². The van der Waals surface area contributed by atoms with Crippen molar-refractivity contribution in [3.8, 4) is 5.69 Å². The van der Waals surface area contributed by atoms with Crippen LogP contribution in [0.1, 0.15) is 42.9 Å². The summed E-state index contributed by atoms with van der Waals surface area (Å²) in [6.45, 7) is 3.09. The Morgan fingerprint density at radius 1 is 1.24 bits per heavy atom. The Balaban J connectivity index is 1.64. The van der Waals surface area contributed by atoms with Gasteiger partial charge in [-0.05, 0) is 44.7 Å².